The van der Waals surface area contributed by atoms with Crippen molar-refractivity contribution in [2.24, 2.45) is 0 Å². The van der Waals surface area contributed by atoms with Crippen LogP contribution in [0.5, 0.6) is 0 Å². The lowest BCUT2D eigenvalue weighted by molar-refractivity contribution is -0.117. The lowest BCUT2D eigenvalue weighted by Gasteiger charge is -2.26. The van der Waals surface area contributed by atoms with Crippen molar-refractivity contribution in [2.45, 2.75) is 25.8 Å². The summed E-state index contributed by atoms with van der Waals surface area (Å²) in [4.78, 5) is 26.6. The van der Waals surface area contributed by atoms with Crippen molar-refractivity contribution in [2.75, 3.05) is 43.5 Å². The van der Waals surface area contributed by atoms with Gasteiger partial charge in [0.25, 0.3) is 0 Å². The predicted molar refractivity (Wildman–Crippen MR) is 109 cm³/mol. The minimum atomic E-state index is -0.538. The number of halogens is 1. The molecule has 2 amide bonds. The molecule has 3 rings (SSSR count). The van der Waals surface area contributed by atoms with E-state index in [2.05, 4.69) is 15.5 Å². The Labute approximate surface area is 169 Å². The molecule has 1 fully saturated rings. The normalized spacial score (nSPS) is 15.7. The van der Waals surface area contributed by atoms with Crippen molar-refractivity contribution < 1.29 is 18.7 Å². The van der Waals surface area contributed by atoms with E-state index in [4.69, 9.17) is 4.74 Å². The zero-order chi connectivity index (χ0) is 20.6. The van der Waals surface area contributed by atoms with Crippen LogP contribution < -0.4 is 10.6 Å². The van der Waals surface area contributed by atoms with E-state index in [1.54, 1.807) is 0 Å². The van der Waals surface area contributed by atoms with Gasteiger partial charge in [-0.3, -0.25) is 14.5 Å². The zero-order valence-corrected chi connectivity index (χ0v) is 16.6. The molecule has 156 valence electrons. The number of hydrogen-bond donors (Lipinski definition) is 2. The third-order valence-electron chi connectivity index (χ3n) is 4.90. The number of benzene rings is 1. The van der Waals surface area contributed by atoms with Gasteiger partial charge in [-0.05, 0) is 37.3 Å². The van der Waals surface area contributed by atoms with Gasteiger partial charge in [0, 0.05) is 56.6 Å². The van der Waals surface area contributed by atoms with Gasteiger partial charge in [-0.15, -0.1) is 0 Å². The average molecular weight is 402 g/mol. The van der Waals surface area contributed by atoms with Crippen LogP contribution in [0.2, 0.25) is 0 Å². The molecule has 0 radical (unpaired) electrons. The van der Waals surface area contributed by atoms with E-state index < -0.39 is 5.82 Å². The molecule has 1 aromatic carbocycles. The first-order valence-electron chi connectivity index (χ1n) is 9.83. The van der Waals surface area contributed by atoms with Gasteiger partial charge in [0.05, 0.1) is 18.9 Å². The lowest BCUT2D eigenvalue weighted by atomic mass is 10.2. The van der Waals surface area contributed by atoms with Crippen molar-refractivity contribution in [3.8, 4) is 0 Å². The van der Waals surface area contributed by atoms with Crippen LogP contribution >= 0.6 is 0 Å². The third-order valence-corrected chi connectivity index (χ3v) is 4.90. The van der Waals surface area contributed by atoms with E-state index >= 15 is 0 Å². The highest BCUT2D eigenvalue weighted by Gasteiger charge is 2.15. The Morgan fingerprint density at radius 3 is 2.59 bits per heavy atom. The van der Waals surface area contributed by atoms with Crippen LogP contribution in [0, 0.1) is 5.82 Å². The Balaban J connectivity index is 1.51. The molecule has 2 heterocycles. The lowest BCUT2D eigenvalue weighted by Crippen LogP contribution is -2.38. The van der Waals surface area contributed by atoms with Crippen molar-refractivity contribution in [3.05, 3.63) is 48.5 Å². The fraction of sp³-hybridized carbons (Fsp3) is 0.429. The number of carbonyl (C=O) groups excluding carboxylic acids is 2. The Morgan fingerprint density at radius 1 is 1.14 bits per heavy atom. The molecule has 2 N–H and O–H groups in total. The molecule has 7 nitrogen and oxygen atoms in total. The summed E-state index contributed by atoms with van der Waals surface area (Å²) in [5, 5.41) is 5.37. The van der Waals surface area contributed by atoms with E-state index in [-0.39, 0.29) is 36.4 Å². The summed E-state index contributed by atoms with van der Waals surface area (Å²) < 4.78 is 21.3. The van der Waals surface area contributed by atoms with Crippen molar-refractivity contribution in [1.82, 2.24) is 9.47 Å². The summed E-state index contributed by atoms with van der Waals surface area (Å²) >= 11 is 0. The van der Waals surface area contributed by atoms with Gasteiger partial charge in [0.2, 0.25) is 11.8 Å². The number of ether oxygens (including phenoxy) is 1. The fourth-order valence-corrected chi connectivity index (χ4v) is 3.22. The number of amides is 2. The quantitative estimate of drug-likeness (QED) is 0.712. The number of morpholine rings is 1. The molecule has 1 saturated heterocycles. The summed E-state index contributed by atoms with van der Waals surface area (Å²) in [6.45, 7) is 5.48. The number of nitrogens with zero attached hydrogens (tertiary/aromatic N) is 2. The molecule has 1 aromatic heterocycles. The molecule has 0 aliphatic carbocycles. The van der Waals surface area contributed by atoms with Crippen LogP contribution in [0.25, 0.3) is 0 Å². The Kier molecular flexibility index (Phi) is 7.37. The van der Waals surface area contributed by atoms with E-state index in [0.717, 1.165) is 13.1 Å². The number of carbonyl (C=O) groups is 2. The number of anilines is 2. The molecular weight excluding hydrogens is 375 g/mol. The van der Waals surface area contributed by atoms with E-state index in [0.29, 0.717) is 25.4 Å². The van der Waals surface area contributed by atoms with Crippen molar-refractivity contribution in [3.63, 3.8) is 0 Å². The molecule has 0 bridgehead atoms. The largest absolute Gasteiger partial charge is 0.379 e. The second kappa shape index (κ2) is 10.2. The number of nitrogens with one attached hydrogen (secondary N) is 2. The Hall–Kier alpha value is -2.71. The van der Waals surface area contributed by atoms with Crippen molar-refractivity contribution >= 4 is 23.2 Å². The second-order valence-electron chi connectivity index (χ2n) is 7.18. The van der Waals surface area contributed by atoms with Gasteiger partial charge < -0.3 is 19.9 Å². The topological polar surface area (TPSA) is 75.6 Å². The Morgan fingerprint density at radius 2 is 1.86 bits per heavy atom. The molecule has 1 aliphatic rings. The average Bonchev–Trinajstić information content (AvgIpc) is 3.25. The standard InChI is InChI=1S/C21H27FN4O3/c1-16(26-7-2-3-8-26)14-21(28)23-17-4-5-18(22)19(15-17)24-20(27)6-9-25-10-12-29-13-11-25/h2-5,7-8,15-16H,6,9-14H2,1H3,(H,23,28)(H,24,27). The van der Waals surface area contributed by atoms with Crippen LogP contribution in [-0.2, 0) is 14.3 Å². The summed E-state index contributed by atoms with van der Waals surface area (Å²) in [5.41, 5.74) is 0.507. The number of aromatic nitrogens is 1. The smallest absolute Gasteiger partial charge is 0.226 e. The highest BCUT2D eigenvalue weighted by molar-refractivity contribution is 5.94. The Bertz CT molecular complexity index is 819. The van der Waals surface area contributed by atoms with E-state index in [1.807, 2.05) is 36.0 Å². The highest BCUT2D eigenvalue weighted by atomic mass is 19.1. The summed E-state index contributed by atoms with van der Waals surface area (Å²) in [5.74, 6) is -0.981. The van der Waals surface area contributed by atoms with Gasteiger partial charge in [0.15, 0.2) is 0 Å². The molecule has 1 atom stereocenters. The molecule has 29 heavy (non-hydrogen) atoms. The SMILES string of the molecule is CC(CC(=O)Nc1ccc(F)c(NC(=O)CCN2CCOCC2)c1)n1cccc1. The molecule has 0 saturated carbocycles. The van der Waals surface area contributed by atoms with Crippen LogP contribution in [0.3, 0.4) is 0 Å². The first-order valence-corrected chi connectivity index (χ1v) is 9.83. The number of rotatable bonds is 8. The van der Waals surface area contributed by atoms with Crippen LogP contribution in [0.1, 0.15) is 25.8 Å². The first-order chi connectivity index (χ1) is 14.0. The van der Waals surface area contributed by atoms with Gasteiger partial charge >= 0.3 is 0 Å². The van der Waals surface area contributed by atoms with Crippen LogP contribution in [0.15, 0.2) is 42.7 Å². The molecule has 0 spiro atoms. The highest BCUT2D eigenvalue weighted by Crippen LogP contribution is 2.21. The minimum Gasteiger partial charge on any atom is -0.379 e. The van der Waals surface area contributed by atoms with Crippen LogP contribution in [-0.4, -0.2) is 54.1 Å². The van der Waals surface area contributed by atoms with Gasteiger partial charge in [-0.25, -0.2) is 4.39 Å². The first kappa shape index (κ1) is 21.0. The maximum atomic E-state index is 14.1. The van der Waals surface area contributed by atoms with Crippen molar-refractivity contribution in [1.29, 1.82) is 0 Å². The molecule has 8 heteroatoms. The maximum Gasteiger partial charge on any atom is 0.226 e. The van der Waals surface area contributed by atoms with Gasteiger partial charge in [0.1, 0.15) is 5.82 Å². The molecule has 1 unspecified atom stereocenters. The molecule has 2 aromatic rings. The zero-order valence-electron chi connectivity index (χ0n) is 16.6. The maximum absolute atomic E-state index is 14.1. The second-order valence-corrected chi connectivity index (χ2v) is 7.18. The van der Waals surface area contributed by atoms with Gasteiger partial charge in [-0.1, -0.05) is 0 Å². The summed E-state index contributed by atoms with van der Waals surface area (Å²) in [6.07, 6.45) is 4.36. The monoisotopic (exact) mass is 402 g/mol. The minimum absolute atomic E-state index is 0.00445. The van der Waals surface area contributed by atoms with E-state index in [1.165, 1.54) is 18.2 Å². The van der Waals surface area contributed by atoms with E-state index in [9.17, 15) is 14.0 Å². The number of hydrogen-bond acceptors (Lipinski definition) is 4. The summed E-state index contributed by atoms with van der Waals surface area (Å²) in [6, 6.07) is 7.98. The predicted octanol–water partition coefficient (Wildman–Crippen LogP) is 2.88. The van der Waals surface area contributed by atoms with Gasteiger partial charge in [-0.2, -0.15) is 0 Å². The molecular formula is C21H27FN4O3. The third kappa shape index (κ3) is 6.40. The summed E-state index contributed by atoms with van der Waals surface area (Å²) in [7, 11) is 0. The molecule has 1 aliphatic heterocycles. The van der Waals surface area contributed by atoms with Crippen LogP contribution in [0.4, 0.5) is 15.8 Å². The fourth-order valence-electron chi connectivity index (χ4n) is 3.22.